The molecule has 2 N–H and O–H groups in total. The Balaban J connectivity index is 2.34. The lowest BCUT2D eigenvalue weighted by molar-refractivity contribution is 0.0973. The van der Waals surface area contributed by atoms with Crippen LogP contribution in [-0.2, 0) is 6.42 Å². The molecule has 84 valence electrons. The molecule has 0 bridgehead atoms. The van der Waals surface area contributed by atoms with E-state index in [1.54, 1.807) is 0 Å². The second kappa shape index (κ2) is 5.29. The summed E-state index contributed by atoms with van der Waals surface area (Å²) in [5.74, 6) is 0. The topological polar surface area (TPSA) is 32.3 Å². The van der Waals surface area contributed by atoms with E-state index in [1.807, 2.05) is 26.8 Å². The monoisotopic (exact) mass is 207 g/mol. The smallest absolute Gasteiger partial charge is 0.0688 e. The predicted molar refractivity (Wildman–Crippen MR) is 63.9 cm³/mol. The van der Waals surface area contributed by atoms with Crippen LogP contribution in [0.2, 0.25) is 0 Å². The quantitative estimate of drug-likeness (QED) is 0.774. The van der Waals surface area contributed by atoms with Crippen molar-refractivity contribution in [3.05, 3.63) is 35.9 Å². The van der Waals surface area contributed by atoms with E-state index in [-0.39, 0.29) is 11.6 Å². The van der Waals surface area contributed by atoms with Gasteiger partial charge in [-0.2, -0.15) is 0 Å². The number of rotatable bonds is 5. The molecule has 0 aliphatic carbocycles. The minimum absolute atomic E-state index is 0.214. The van der Waals surface area contributed by atoms with Gasteiger partial charge < -0.3 is 10.4 Å². The van der Waals surface area contributed by atoms with E-state index in [1.165, 1.54) is 5.56 Å². The summed E-state index contributed by atoms with van der Waals surface area (Å²) in [4.78, 5) is 0. The molecule has 0 radical (unpaired) electrons. The first kappa shape index (κ1) is 12.2. The lowest BCUT2D eigenvalue weighted by Crippen LogP contribution is -2.48. The second-order valence-corrected chi connectivity index (χ2v) is 4.56. The first-order chi connectivity index (χ1) is 7.02. The summed E-state index contributed by atoms with van der Waals surface area (Å²) in [6.07, 6.45) is 0.657. The summed E-state index contributed by atoms with van der Waals surface area (Å²) >= 11 is 0. The minimum atomic E-state index is -0.340. The fraction of sp³-hybridized carbons (Fsp3) is 0.538. The van der Waals surface area contributed by atoms with Gasteiger partial charge in [-0.1, -0.05) is 30.3 Å². The van der Waals surface area contributed by atoms with E-state index in [2.05, 4.69) is 29.6 Å². The molecular weight excluding hydrogens is 186 g/mol. The molecule has 1 unspecified atom stereocenters. The Kier molecular flexibility index (Phi) is 4.30. The third-order valence-corrected chi connectivity index (χ3v) is 2.88. The molecule has 1 rings (SSSR count). The second-order valence-electron chi connectivity index (χ2n) is 4.56. The van der Waals surface area contributed by atoms with E-state index in [0.29, 0.717) is 0 Å². The van der Waals surface area contributed by atoms with Crippen LogP contribution in [0, 0.1) is 0 Å². The van der Waals surface area contributed by atoms with Crippen molar-refractivity contribution in [2.24, 2.45) is 0 Å². The highest BCUT2D eigenvalue weighted by atomic mass is 16.3. The van der Waals surface area contributed by atoms with Crippen molar-refractivity contribution in [3.63, 3.8) is 0 Å². The van der Waals surface area contributed by atoms with Crippen LogP contribution in [0.3, 0.4) is 0 Å². The zero-order valence-corrected chi connectivity index (χ0v) is 9.83. The number of aliphatic hydroxyl groups is 1. The molecule has 0 aliphatic heterocycles. The Bertz CT molecular complexity index is 280. The molecule has 0 fully saturated rings. The van der Waals surface area contributed by atoms with Crippen LogP contribution in [0.5, 0.6) is 0 Å². The average molecular weight is 207 g/mol. The van der Waals surface area contributed by atoms with Crippen LogP contribution >= 0.6 is 0 Å². The maximum absolute atomic E-state index is 9.51. The molecule has 0 saturated heterocycles. The maximum atomic E-state index is 9.51. The lowest BCUT2D eigenvalue weighted by Gasteiger charge is -2.29. The summed E-state index contributed by atoms with van der Waals surface area (Å²) in [5, 5.41) is 12.9. The molecule has 0 spiro atoms. The van der Waals surface area contributed by atoms with Gasteiger partial charge in [0, 0.05) is 5.54 Å². The van der Waals surface area contributed by atoms with Gasteiger partial charge in [-0.3, -0.25) is 0 Å². The molecule has 0 aromatic heterocycles. The fourth-order valence-electron chi connectivity index (χ4n) is 1.32. The van der Waals surface area contributed by atoms with E-state index in [4.69, 9.17) is 0 Å². The highest BCUT2D eigenvalue weighted by molar-refractivity contribution is 5.14. The Labute approximate surface area is 92.3 Å². The summed E-state index contributed by atoms with van der Waals surface area (Å²) in [6.45, 7) is 6.74. The highest BCUT2D eigenvalue weighted by Gasteiger charge is 2.22. The largest absolute Gasteiger partial charge is 0.392 e. The van der Waals surface area contributed by atoms with Crippen molar-refractivity contribution in [1.29, 1.82) is 0 Å². The van der Waals surface area contributed by atoms with Crippen LogP contribution in [0.4, 0.5) is 0 Å². The van der Waals surface area contributed by atoms with E-state index in [0.717, 1.165) is 13.0 Å². The highest BCUT2D eigenvalue weighted by Crippen LogP contribution is 2.08. The molecule has 0 saturated carbocycles. The summed E-state index contributed by atoms with van der Waals surface area (Å²) in [5.41, 5.74) is 1.11. The molecular formula is C13H21NO. The van der Waals surface area contributed by atoms with E-state index < -0.39 is 0 Å². The summed E-state index contributed by atoms with van der Waals surface area (Å²) in [7, 11) is 0. The third-order valence-electron chi connectivity index (χ3n) is 2.88. The number of hydrogen-bond donors (Lipinski definition) is 2. The Hall–Kier alpha value is -0.860. The normalized spacial score (nSPS) is 13.9. The molecule has 0 aliphatic rings. The molecule has 1 atom stereocenters. The Morgan fingerprint density at radius 2 is 1.87 bits per heavy atom. The summed E-state index contributed by atoms with van der Waals surface area (Å²) in [6, 6.07) is 10.4. The van der Waals surface area contributed by atoms with Crippen LogP contribution in [0.1, 0.15) is 26.3 Å². The molecule has 1 aromatic carbocycles. The van der Waals surface area contributed by atoms with Gasteiger partial charge in [-0.15, -0.1) is 0 Å². The zero-order chi connectivity index (χ0) is 11.3. The average Bonchev–Trinajstić information content (AvgIpc) is 2.19. The van der Waals surface area contributed by atoms with Crippen LogP contribution in [-0.4, -0.2) is 23.3 Å². The predicted octanol–water partition coefficient (Wildman–Crippen LogP) is 1.98. The van der Waals surface area contributed by atoms with Crippen LogP contribution in [0.15, 0.2) is 30.3 Å². The molecule has 1 aromatic rings. The van der Waals surface area contributed by atoms with Gasteiger partial charge >= 0.3 is 0 Å². The molecule has 0 heterocycles. The third kappa shape index (κ3) is 4.02. The lowest BCUT2D eigenvalue weighted by atomic mass is 9.98. The number of benzene rings is 1. The fourth-order valence-corrected chi connectivity index (χ4v) is 1.32. The van der Waals surface area contributed by atoms with Gasteiger partial charge in [0.1, 0.15) is 0 Å². The first-order valence-corrected chi connectivity index (χ1v) is 5.49. The zero-order valence-electron chi connectivity index (χ0n) is 9.83. The summed E-state index contributed by atoms with van der Waals surface area (Å²) < 4.78 is 0. The Morgan fingerprint density at radius 1 is 1.27 bits per heavy atom. The van der Waals surface area contributed by atoms with E-state index >= 15 is 0 Å². The van der Waals surface area contributed by atoms with E-state index in [9.17, 15) is 5.11 Å². The SMILES string of the molecule is CC(O)C(C)(C)NCCc1ccccc1. The molecule has 15 heavy (non-hydrogen) atoms. The van der Waals surface area contributed by atoms with Gasteiger partial charge in [0.05, 0.1) is 6.10 Å². The van der Waals surface area contributed by atoms with Crippen molar-refractivity contribution >= 4 is 0 Å². The maximum Gasteiger partial charge on any atom is 0.0688 e. The minimum Gasteiger partial charge on any atom is -0.392 e. The Morgan fingerprint density at radius 3 is 2.40 bits per heavy atom. The van der Waals surface area contributed by atoms with Gasteiger partial charge in [-0.25, -0.2) is 0 Å². The first-order valence-electron chi connectivity index (χ1n) is 5.49. The van der Waals surface area contributed by atoms with Gasteiger partial charge in [-0.05, 0) is 39.3 Å². The van der Waals surface area contributed by atoms with Crippen molar-refractivity contribution in [2.75, 3.05) is 6.54 Å². The van der Waals surface area contributed by atoms with Gasteiger partial charge in [0.15, 0.2) is 0 Å². The van der Waals surface area contributed by atoms with Crippen LogP contribution in [0.25, 0.3) is 0 Å². The van der Waals surface area contributed by atoms with Gasteiger partial charge in [0.25, 0.3) is 0 Å². The standard InChI is InChI=1S/C13H21NO/c1-11(15)13(2,3)14-10-9-12-7-5-4-6-8-12/h4-8,11,14-15H,9-10H2,1-3H3. The number of hydrogen-bond acceptors (Lipinski definition) is 2. The molecule has 2 heteroatoms. The van der Waals surface area contributed by atoms with Crippen molar-refractivity contribution in [2.45, 2.75) is 38.8 Å². The van der Waals surface area contributed by atoms with Crippen molar-refractivity contribution in [1.82, 2.24) is 5.32 Å². The number of nitrogens with one attached hydrogen (secondary N) is 1. The van der Waals surface area contributed by atoms with Crippen LogP contribution < -0.4 is 5.32 Å². The van der Waals surface area contributed by atoms with Crippen molar-refractivity contribution in [3.8, 4) is 0 Å². The van der Waals surface area contributed by atoms with Gasteiger partial charge in [0.2, 0.25) is 0 Å². The molecule has 2 nitrogen and oxygen atoms in total. The molecule has 0 amide bonds. The number of aliphatic hydroxyl groups excluding tert-OH is 1. The van der Waals surface area contributed by atoms with Crippen molar-refractivity contribution < 1.29 is 5.11 Å².